The van der Waals surface area contributed by atoms with Gasteiger partial charge in [0.05, 0.1) is 35.2 Å². The molecule has 0 fully saturated rings. The fourth-order valence-electron chi connectivity index (χ4n) is 2.90. The number of rotatable bonds is 15. The number of unbranched alkanes of at least 4 members (excludes halogenated alkanes) is 3. The van der Waals surface area contributed by atoms with Gasteiger partial charge < -0.3 is 9.47 Å². The molecule has 1 atom stereocenters. The van der Waals surface area contributed by atoms with Gasteiger partial charge in [-0.3, -0.25) is 0 Å². The molecule has 0 heterocycles. The van der Waals surface area contributed by atoms with Gasteiger partial charge in [0, 0.05) is 6.08 Å². The summed E-state index contributed by atoms with van der Waals surface area (Å²) in [6.07, 6.45) is 5.00. The molecule has 1 unspecified atom stereocenters. The van der Waals surface area contributed by atoms with Crippen LogP contribution in [0.25, 0.3) is 0 Å². The molecule has 2 rings (SSSR count). The third kappa shape index (κ3) is 9.87. The van der Waals surface area contributed by atoms with Crippen molar-refractivity contribution in [1.82, 2.24) is 0 Å². The maximum atomic E-state index is 12.5. The van der Waals surface area contributed by atoms with Crippen LogP contribution < -0.4 is 4.74 Å². The number of hydrogen-bond donors (Lipinski definition) is 0. The van der Waals surface area contributed by atoms with Crippen molar-refractivity contribution in [3.63, 3.8) is 0 Å². The van der Waals surface area contributed by atoms with Crippen LogP contribution in [0.15, 0.2) is 76.3 Å². The van der Waals surface area contributed by atoms with E-state index in [1.165, 1.54) is 0 Å². The molecular formula is C26H34N2O5S. The van der Waals surface area contributed by atoms with Crippen LogP contribution in [0, 0.1) is 5.92 Å². The summed E-state index contributed by atoms with van der Waals surface area (Å²) in [5.41, 5.74) is 1.26. The summed E-state index contributed by atoms with van der Waals surface area (Å²) < 4.78 is 35.7. The van der Waals surface area contributed by atoms with E-state index >= 15 is 0 Å². The summed E-state index contributed by atoms with van der Waals surface area (Å²) in [4.78, 5) is 11.2. The molecule has 0 aliphatic rings. The summed E-state index contributed by atoms with van der Waals surface area (Å²) in [5, 5.41) is 8.39. The maximum Gasteiger partial charge on any atom is 0.330 e. The lowest BCUT2D eigenvalue weighted by Gasteiger charge is -2.10. The SMILES string of the molecule is C=CC(=O)OCCCCCCS(=O)(=O)c1ccc(N=Nc2ccc(OCC(C)CC)cc2)cc1. The number of sulfone groups is 1. The lowest BCUT2D eigenvalue weighted by Crippen LogP contribution is -2.07. The van der Waals surface area contributed by atoms with E-state index in [-0.39, 0.29) is 10.6 Å². The fourth-order valence-corrected chi connectivity index (χ4v) is 4.27. The average Bonchev–Trinajstić information content (AvgIpc) is 2.86. The maximum absolute atomic E-state index is 12.5. The highest BCUT2D eigenvalue weighted by atomic mass is 32.2. The first-order chi connectivity index (χ1) is 16.3. The molecule has 0 aliphatic heterocycles. The largest absolute Gasteiger partial charge is 0.493 e. The van der Waals surface area contributed by atoms with Gasteiger partial charge >= 0.3 is 5.97 Å². The number of carbonyl (C=O) groups excluding carboxylic acids is 1. The molecule has 0 saturated carbocycles. The van der Waals surface area contributed by atoms with Gasteiger partial charge in [0.25, 0.3) is 0 Å². The topological polar surface area (TPSA) is 94.4 Å². The van der Waals surface area contributed by atoms with Crippen molar-refractivity contribution in [2.45, 2.75) is 50.8 Å². The summed E-state index contributed by atoms with van der Waals surface area (Å²) in [6, 6.07) is 13.8. The fraction of sp³-hybridized carbons (Fsp3) is 0.423. The van der Waals surface area contributed by atoms with Crippen LogP contribution in [-0.4, -0.2) is 33.4 Å². The second-order valence-corrected chi connectivity index (χ2v) is 10.2. The highest BCUT2D eigenvalue weighted by Crippen LogP contribution is 2.23. The molecule has 0 N–H and O–H groups in total. The molecule has 2 aromatic carbocycles. The Morgan fingerprint density at radius 1 is 0.971 bits per heavy atom. The van der Waals surface area contributed by atoms with Crippen molar-refractivity contribution < 1.29 is 22.7 Å². The molecule has 184 valence electrons. The highest BCUT2D eigenvalue weighted by molar-refractivity contribution is 7.91. The Balaban J connectivity index is 1.79. The van der Waals surface area contributed by atoms with Crippen LogP contribution in [0.1, 0.15) is 46.0 Å². The molecule has 0 radical (unpaired) electrons. The third-order valence-corrected chi connectivity index (χ3v) is 7.08. The van der Waals surface area contributed by atoms with Crippen LogP contribution >= 0.6 is 0 Å². The molecular weight excluding hydrogens is 452 g/mol. The van der Waals surface area contributed by atoms with E-state index in [2.05, 4.69) is 30.7 Å². The smallest absolute Gasteiger partial charge is 0.330 e. The zero-order chi connectivity index (χ0) is 24.8. The van der Waals surface area contributed by atoms with E-state index < -0.39 is 15.8 Å². The van der Waals surface area contributed by atoms with Gasteiger partial charge in [-0.25, -0.2) is 13.2 Å². The minimum atomic E-state index is -3.36. The quantitative estimate of drug-likeness (QED) is 0.122. The van der Waals surface area contributed by atoms with Crippen molar-refractivity contribution >= 4 is 27.2 Å². The number of esters is 1. The number of azo groups is 1. The molecule has 0 bridgehead atoms. The van der Waals surface area contributed by atoms with Crippen molar-refractivity contribution in [3.05, 3.63) is 61.2 Å². The Labute approximate surface area is 202 Å². The Hall–Kier alpha value is -3.00. The summed E-state index contributed by atoms with van der Waals surface area (Å²) in [5.74, 6) is 0.938. The second-order valence-electron chi connectivity index (χ2n) is 8.12. The molecule has 0 aliphatic carbocycles. The number of hydrogen-bond acceptors (Lipinski definition) is 7. The van der Waals surface area contributed by atoms with Crippen LogP contribution in [0.2, 0.25) is 0 Å². The number of carbonyl (C=O) groups is 1. The van der Waals surface area contributed by atoms with Crippen molar-refractivity contribution in [3.8, 4) is 5.75 Å². The Morgan fingerprint density at radius 2 is 1.56 bits per heavy atom. The zero-order valence-corrected chi connectivity index (χ0v) is 20.8. The van der Waals surface area contributed by atoms with E-state index in [1.807, 2.05) is 24.3 Å². The Morgan fingerprint density at radius 3 is 2.15 bits per heavy atom. The Bertz CT molecular complexity index is 1030. The number of nitrogens with zero attached hydrogens (tertiary/aromatic N) is 2. The summed E-state index contributed by atoms with van der Waals surface area (Å²) >= 11 is 0. The predicted octanol–water partition coefficient (Wildman–Crippen LogP) is 6.59. The van der Waals surface area contributed by atoms with Crippen LogP contribution in [0.4, 0.5) is 11.4 Å². The Kier molecular flexibility index (Phi) is 11.5. The molecule has 0 spiro atoms. The summed E-state index contributed by atoms with van der Waals surface area (Å²) in [7, 11) is -3.36. The lowest BCUT2D eigenvalue weighted by molar-refractivity contribution is -0.137. The van der Waals surface area contributed by atoms with Gasteiger partial charge in [-0.2, -0.15) is 10.2 Å². The van der Waals surface area contributed by atoms with E-state index in [1.54, 1.807) is 24.3 Å². The molecule has 0 saturated heterocycles. The van der Waals surface area contributed by atoms with Gasteiger partial charge in [-0.1, -0.05) is 39.7 Å². The number of benzene rings is 2. The normalized spacial score (nSPS) is 12.4. The van der Waals surface area contributed by atoms with Gasteiger partial charge in [0.2, 0.25) is 0 Å². The predicted molar refractivity (Wildman–Crippen MR) is 134 cm³/mol. The third-order valence-electron chi connectivity index (χ3n) is 5.26. The molecule has 34 heavy (non-hydrogen) atoms. The molecule has 0 aromatic heterocycles. The van der Waals surface area contributed by atoms with Gasteiger partial charge in [0.15, 0.2) is 9.84 Å². The van der Waals surface area contributed by atoms with Crippen LogP contribution in [-0.2, 0) is 19.4 Å². The van der Waals surface area contributed by atoms with E-state index in [0.717, 1.165) is 31.1 Å². The van der Waals surface area contributed by atoms with Gasteiger partial charge in [-0.15, -0.1) is 0 Å². The first-order valence-corrected chi connectivity index (χ1v) is 13.3. The molecule has 2 aromatic rings. The zero-order valence-electron chi connectivity index (χ0n) is 20.0. The van der Waals surface area contributed by atoms with Gasteiger partial charge in [-0.05, 0) is 67.3 Å². The first-order valence-electron chi connectivity index (χ1n) is 11.6. The molecule has 0 amide bonds. The van der Waals surface area contributed by atoms with Crippen molar-refractivity contribution in [2.75, 3.05) is 19.0 Å². The van der Waals surface area contributed by atoms with Crippen LogP contribution in [0.3, 0.4) is 0 Å². The standard InChI is InChI=1S/C26H34N2O5S/c1-4-21(3)20-33-24-14-10-22(11-15-24)27-28-23-12-16-25(17-13-23)34(30,31)19-9-7-6-8-18-32-26(29)5-2/h5,10-17,21H,2,4,6-9,18-20H2,1,3H3. The highest BCUT2D eigenvalue weighted by Gasteiger charge is 2.13. The average molecular weight is 487 g/mol. The minimum absolute atomic E-state index is 0.0752. The van der Waals surface area contributed by atoms with E-state index in [4.69, 9.17) is 9.47 Å². The van der Waals surface area contributed by atoms with Crippen LogP contribution in [0.5, 0.6) is 5.75 Å². The van der Waals surface area contributed by atoms with E-state index in [0.29, 0.717) is 43.3 Å². The monoisotopic (exact) mass is 486 g/mol. The minimum Gasteiger partial charge on any atom is -0.493 e. The molecule has 8 heteroatoms. The van der Waals surface area contributed by atoms with Gasteiger partial charge in [0.1, 0.15) is 5.75 Å². The first kappa shape index (κ1) is 27.2. The molecule has 7 nitrogen and oxygen atoms in total. The second kappa shape index (κ2) is 14.3. The lowest BCUT2D eigenvalue weighted by atomic mass is 10.1. The van der Waals surface area contributed by atoms with Crippen molar-refractivity contribution in [2.24, 2.45) is 16.1 Å². The van der Waals surface area contributed by atoms with Crippen molar-refractivity contribution in [1.29, 1.82) is 0 Å². The van der Waals surface area contributed by atoms with E-state index in [9.17, 15) is 13.2 Å². The summed E-state index contributed by atoms with van der Waals surface area (Å²) in [6.45, 7) is 8.62. The number of ether oxygens (including phenoxy) is 2.